The molecule has 0 aliphatic heterocycles. The smallest absolute Gasteiger partial charge is 0.126 e. The van der Waals surface area contributed by atoms with Gasteiger partial charge in [0.1, 0.15) is 11.3 Å². The van der Waals surface area contributed by atoms with Gasteiger partial charge >= 0.3 is 0 Å². The summed E-state index contributed by atoms with van der Waals surface area (Å²) in [6.45, 7) is 6.24. The number of rotatable bonds is 0. The zero-order valence-corrected chi connectivity index (χ0v) is 9.78. The first-order valence-corrected chi connectivity index (χ1v) is 5.55. The van der Waals surface area contributed by atoms with Gasteiger partial charge in [0.15, 0.2) is 0 Å². The van der Waals surface area contributed by atoms with Crippen molar-refractivity contribution in [2.75, 3.05) is 5.73 Å². The van der Waals surface area contributed by atoms with Gasteiger partial charge in [-0.15, -0.1) is 11.3 Å². The molecule has 1 heterocycles. The van der Waals surface area contributed by atoms with Crippen LogP contribution in [-0.2, 0) is 5.41 Å². The summed E-state index contributed by atoms with van der Waals surface area (Å²) in [5.74, 6) is -0.302. The molecule has 0 fully saturated rings. The van der Waals surface area contributed by atoms with Crippen molar-refractivity contribution in [3.63, 3.8) is 0 Å². The molecule has 2 rings (SSSR count). The van der Waals surface area contributed by atoms with Gasteiger partial charge in [-0.1, -0.05) is 20.8 Å². The molecule has 2 N–H and O–H groups in total. The second kappa shape index (κ2) is 3.17. The van der Waals surface area contributed by atoms with Crippen LogP contribution in [0.4, 0.5) is 10.1 Å². The largest absolute Gasteiger partial charge is 0.397 e. The van der Waals surface area contributed by atoms with Gasteiger partial charge in [-0.3, -0.25) is 0 Å². The number of nitrogen functional groups attached to an aromatic ring is 1. The Kier molecular flexibility index (Phi) is 2.19. The lowest BCUT2D eigenvalue weighted by Gasteiger charge is -2.13. The Morgan fingerprint density at radius 3 is 2.60 bits per heavy atom. The lowest BCUT2D eigenvalue weighted by molar-refractivity contribution is 0.587. The molecule has 0 saturated heterocycles. The van der Waals surface area contributed by atoms with E-state index in [9.17, 15) is 4.39 Å². The van der Waals surface area contributed by atoms with E-state index in [0.29, 0.717) is 11.2 Å². The SMILES string of the molecule is CC(C)(C)c1nc2c(N)cc(F)cc2s1. The van der Waals surface area contributed by atoms with Crippen LogP contribution in [0.5, 0.6) is 0 Å². The van der Waals surface area contributed by atoms with Gasteiger partial charge in [0.25, 0.3) is 0 Å². The van der Waals surface area contributed by atoms with Crippen LogP contribution in [0.3, 0.4) is 0 Å². The van der Waals surface area contributed by atoms with Gasteiger partial charge in [0, 0.05) is 5.41 Å². The molecule has 1 aromatic carbocycles. The number of hydrogen-bond donors (Lipinski definition) is 1. The topological polar surface area (TPSA) is 38.9 Å². The summed E-state index contributed by atoms with van der Waals surface area (Å²) < 4.78 is 13.9. The van der Waals surface area contributed by atoms with Gasteiger partial charge in [-0.2, -0.15) is 0 Å². The molecule has 0 amide bonds. The molecule has 80 valence electrons. The highest BCUT2D eigenvalue weighted by Gasteiger charge is 2.19. The minimum Gasteiger partial charge on any atom is -0.397 e. The molecule has 0 aliphatic carbocycles. The summed E-state index contributed by atoms with van der Waals surface area (Å²) in [4.78, 5) is 4.45. The summed E-state index contributed by atoms with van der Waals surface area (Å²) in [6.07, 6.45) is 0. The lowest BCUT2D eigenvalue weighted by Crippen LogP contribution is -2.09. The maximum Gasteiger partial charge on any atom is 0.126 e. The molecular formula is C11H13FN2S. The molecule has 15 heavy (non-hydrogen) atoms. The Labute approximate surface area is 91.9 Å². The van der Waals surface area contributed by atoms with Crippen molar-refractivity contribution in [1.29, 1.82) is 0 Å². The molecular weight excluding hydrogens is 211 g/mol. The van der Waals surface area contributed by atoms with Crippen molar-refractivity contribution in [3.8, 4) is 0 Å². The van der Waals surface area contributed by atoms with E-state index >= 15 is 0 Å². The third kappa shape index (κ3) is 1.81. The van der Waals surface area contributed by atoms with Crippen LogP contribution in [0, 0.1) is 5.82 Å². The maximum absolute atomic E-state index is 13.1. The first-order valence-electron chi connectivity index (χ1n) is 4.74. The Bertz CT molecular complexity index is 511. The van der Waals surface area contributed by atoms with Crippen molar-refractivity contribution in [3.05, 3.63) is 23.0 Å². The average Bonchev–Trinajstić information content (AvgIpc) is 2.46. The quantitative estimate of drug-likeness (QED) is 0.697. The van der Waals surface area contributed by atoms with Crippen molar-refractivity contribution in [1.82, 2.24) is 4.98 Å². The average molecular weight is 224 g/mol. The fraction of sp³-hybridized carbons (Fsp3) is 0.364. The van der Waals surface area contributed by atoms with Crippen LogP contribution in [0.25, 0.3) is 10.2 Å². The van der Waals surface area contributed by atoms with E-state index in [0.717, 1.165) is 9.71 Å². The molecule has 0 atom stereocenters. The number of halogens is 1. The third-order valence-electron chi connectivity index (χ3n) is 2.13. The maximum atomic E-state index is 13.1. The number of fused-ring (bicyclic) bond motifs is 1. The summed E-state index contributed by atoms with van der Waals surface area (Å²) >= 11 is 1.50. The van der Waals surface area contributed by atoms with Crippen LogP contribution in [0.2, 0.25) is 0 Å². The fourth-order valence-corrected chi connectivity index (χ4v) is 2.42. The van der Waals surface area contributed by atoms with Crippen LogP contribution in [0.15, 0.2) is 12.1 Å². The van der Waals surface area contributed by atoms with Crippen molar-refractivity contribution in [2.45, 2.75) is 26.2 Å². The number of anilines is 1. The number of nitrogens with two attached hydrogens (primary N) is 1. The minimum absolute atomic E-state index is 0.0212. The standard InChI is InChI=1S/C11H13FN2S/c1-11(2,3)10-14-9-7(13)4-6(12)5-8(9)15-10/h4-5H,13H2,1-3H3. The van der Waals surface area contributed by atoms with E-state index in [1.165, 1.54) is 23.5 Å². The second-order valence-electron chi connectivity index (χ2n) is 4.61. The van der Waals surface area contributed by atoms with Crippen LogP contribution >= 0.6 is 11.3 Å². The van der Waals surface area contributed by atoms with E-state index < -0.39 is 0 Å². The highest BCUT2D eigenvalue weighted by atomic mass is 32.1. The lowest BCUT2D eigenvalue weighted by atomic mass is 9.98. The van der Waals surface area contributed by atoms with Crippen LogP contribution in [0.1, 0.15) is 25.8 Å². The minimum atomic E-state index is -0.302. The van der Waals surface area contributed by atoms with Gasteiger partial charge in [-0.05, 0) is 12.1 Å². The molecule has 1 aromatic heterocycles. The Morgan fingerprint density at radius 1 is 1.33 bits per heavy atom. The number of thiazole rings is 1. The fourth-order valence-electron chi connectivity index (χ4n) is 1.34. The number of hydrogen-bond acceptors (Lipinski definition) is 3. The Hall–Kier alpha value is -1.16. The second-order valence-corrected chi connectivity index (χ2v) is 5.64. The monoisotopic (exact) mass is 224 g/mol. The van der Waals surface area contributed by atoms with E-state index in [1.807, 2.05) is 0 Å². The predicted octanol–water partition coefficient (Wildman–Crippen LogP) is 3.32. The highest BCUT2D eigenvalue weighted by Crippen LogP contribution is 2.33. The van der Waals surface area contributed by atoms with E-state index in [4.69, 9.17) is 5.73 Å². The number of benzene rings is 1. The van der Waals surface area contributed by atoms with Gasteiger partial charge in [0.2, 0.25) is 0 Å². The molecule has 0 bridgehead atoms. The molecule has 0 radical (unpaired) electrons. The normalized spacial score (nSPS) is 12.3. The Morgan fingerprint density at radius 2 is 2.00 bits per heavy atom. The summed E-state index contributed by atoms with van der Waals surface area (Å²) in [7, 11) is 0. The van der Waals surface area contributed by atoms with Crippen molar-refractivity contribution < 1.29 is 4.39 Å². The van der Waals surface area contributed by atoms with Gasteiger partial charge < -0.3 is 5.73 Å². The van der Waals surface area contributed by atoms with Gasteiger partial charge in [-0.25, -0.2) is 9.37 Å². The third-order valence-corrected chi connectivity index (χ3v) is 3.56. The Balaban J connectivity index is 2.71. The van der Waals surface area contributed by atoms with Crippen LogP contribution in [-0.4, -0.2) is 4.98 Å². The molecule has 2 nitrogen and oxygen atoms in total. The highest BCUT2D eigenvalue weighted by molar-refractivity contribution is 7.18. The molecule has 4 heteroatoms. The molecule has 0 aliphatic rings. The first kappa shape index (κ1) is 10.4. The van der Waals surface area contributed by atoms with Crippen molar-refractivity contribution >= 4 is 27.2 Å². The summed E-state index contributed by atoms with van der Waals surface area (Å²) in [6, 6.07) is 2.80. The van der Waals surface area contributed by atoms with Gasteiger partial charge in [0.05, 0.1) is 15.4 Å². The summed E-state index contributed by atoms with van der Waals surface area (Å²) in [5, 5.41) is 0.981. The molecule has 2 aromatic rings. The van der Waals surface area contributed by atoms with E-state index in [2.05, 4.69) is 25.8 Å². The number of aromatic nitrogens is 1. The number of nitrogens with zero attached hydrogens (tertiary/aromatic N) is 1. The molecule has 0 unspecified atom stereocenters. The molecule has 0 saturated carbocycles. The van der Waals surface area contributed by atoms with E-state index in [-0.39, 0.29) is 11.2 Å². The zero-order chi connectivity index (χ0) is 11.2. The first-order chi connectivity index (χ1) is 6.88. The summed E-state index contributed by atoms with van der Waals surface area (Å²) in [5.41, 5.74) is 6.82. The van der Waals surface area contributed by atoms with Crippen LogP contribution < -0.4 is 5.73 Å². The van der Waals surface area contributed by atoms with E-state index in [1.54, 1.807) is 0 Å². The predicted molar refractivity (Wildman–Crippen MR) is 62.7 cm³/mol. The molecule has 0 spiro atoms. The van der Waals surface area contributed by atoms with Crippen molar-refractivity contribution in [2.24, 2.45) is 0 Å². The zero-order valence-electron chi connectivity index (χ0n) is 8.97.